The van der Waals surface area contributed by atoms with E-state index in [0.29, 0.717) is 14.7 Å². The Kier molecular flexibility index (Phi) is 4.41. The fourth-order valence-corrected chi connectivity index (χ4v) is 3.91. The lowest BCUT2D eigenvalue weighted by Gasteiger charge is -2.29. The molecule has 1 aromatic carbocycles. The third kappa shape index (κ3) is 2.96. The van der Waals surface area contributed by atoms with Gasteiger partial charge in [0.05, 0.1) is 19.9 Å². The van der Waals surface area contributed by atoms with E-state index in [4.69, 9.17) is 0 Å². The monoisotopic (exact) mass is 443 g/mol. The molecule has 1 N–H and O–H groups in total. The Morgan fingerprint density at radius 1 is 1.12 bits per heavy atom. The smallest absolute Gasteiger partial charge is 0.264 e. The molecule has 1 atom stereocenters. The number of alkyl halides is 3. The van der Waals surface area contributed by atoms with Crippen molar-refractivity contribution in [1.29, 1.82) is 0 Å². The standard InChI is InChI=1S/C15H8BrF6NOS/c1-6-2-11(25-13(6)16)10-5-14(24-23-10,15(20,21)22)12-8(18)3-7(17)4-9(12)19/h2-5,23H,1H3. The summed E-state index contributed by atoms with van der Waals surface area (Å²) in [5.41, 5.74) is -2.10. The van der Waals surface area contributed by atoms with Crippen molar-refractivity contribution in [3.05, 3.63) is 61.5 Å². The average molecular weight is 444 g/mol. The summed E-state index contributed by atoms with van der Waals surface area (Å²) in [5, 5.41) is 0. The summed E-state index contributed by atoms with van der Waals surface area (Å²) in [6, 6.07) is 1.93. The number of aryl methyl sites for hydroxylation is 1. The van der Waals surface area contributed by atoms with Gasteiger partial charge in [-0.25, -0.2) is 13.2 Å². The SMILES string of the molecule is Cc1cc(C2=CC(c3c(F)cc(F)cc3F)(C(F)(F)F)ON2)sc1Br. The topological polar surface area (TPSA) is 21.3 Å². The van der Waals surface area contributed by atoms with Gasteiger partial charge in [0.2, 0.25) is 5.60 Å². The zero-order valence-corrected chi connectivity index (χ0v) is 14.7. The van der Waals surface area contributed by atoms with Crippen LogP contribution in [-0.4, -0.2) is 6.18 Å². The molecule has 10 heteroatoms. The molecule has 0 aliphatic carbocycles. The van der Waals surface area contributed by atoms with Crippen LogP contribution in [0.5, 0.6) is 0 Å². The Morgan fingerprint density at radius 2 is 1.72 bits per heavy atom. The Bertz CT molecular complexity index is 835. The maximum atomic E-state index is 14.0. The highest BCUT2D eigenvalue weighted by atomic mass is 79.9. The van der Waals surface area contributed by atoms with Crippen LogP contribution in [0.25, 0.3) is 5.70 Å². The van der Waals surface area contributed by atoms with Crippen LogP contribution in [0.15, 0.2) is 28.1 Å². The van der Waals surface area contributed by atoms with Crippen LogP contribution in [-0.2, 0) is 10.4 Å². The number of halogens is 7. The van der Waals surface area contributed by atoms with Gasteiger partial charge in [-0.1, -0.05) is 0 Å². The van der Waals surface area contributed by atoms with E-state index in [1.807, 2.05) is 0 Å². The van der Waals surface area contributed by atoms with Crippen molar-refractivity contribution in [3.8, 4) is 0 Å². The van der Waals surface area contributed by atoms with Crippen molar-refractivity contribution in [2.75, 3.05) is 0 Å². The maximum Gasteiger partial charge on any atom is 0.428 e. The molecule has 3 rings (SSSR count). The number of benzene rings is 1. The summed E-state index contributed by atoms with van der Waals surface area (Å²) < 4.78 is 82.9. The molecule has 0 saturated heterocycles. The van der Waals surface area contributed by atoms with E-state index in [1.165, 1.54) is 0 Å². The number of nitrogens with one attached hydrogen (secondary N) is 1. The number of thiophene rings is 1. The second-order valence-corrected chi connectivity index (χ2v) is 7.68. The molecule has 25 heavy (non-hydrogen) atoms. The van der Waals surface area contributed by atoms with Gasteiger partial charge in [-0.2, -0.15) is 13.2 Å². The molecule has 2 nitrogen and oxygen atoms in total. The quantitative estimate of drug-likeness (QED) is 0.612. The van der Waals surface area contributed by atoms with Crippen molar-refractivity contribution < 1.29 is 31.2 Å². The van der Waals surface area contributed by atoms with Gasteiger partial charge in [-0.05, 0) is 40.6 Å². The van der Waals surface area contributed by atoms with E-state index < -0.39 is 34.8 Å². The summed E-state index contributed by atoms with van der Waals surface area (Å²) in [6.07, 6.45) is -4.66. The zero-order chi connectivity index (χ0) is 18.6. The number of hydrogen-bond acceptors (Lipinski definition) is 3. The van der Waals surface area contributed by atoms with Crippen LogP contribution in [0, 0.1) is 24.4 Å². The van der Waals surface area contributed by atoms with Crippen molar-refractivity contribution in [3.63, 3.8) is 0 Å². The number of rotatable bonds is 2. The third-order valence-corrected chi connectivity index (χ3v) is 5.76. The number of hydrogen-bond donors (Lipinski definition) is 1. The first-order valence-corrected chi connectivity index (χ1v) is 8.31. The minimum Gasteiger partial charge on any atom is -0.264 e. The fraction of sp³-hybridized carbons (Fsp3) is 0.200. The van der Waals surface area contributed by atoms with Gasteiger partial charge in [0.1, 0.15) is 17.5 Å². The van der Waals surface area contributed by atoms with Crippen LogP contribution in [0.3, 0.4) is 0 Å². The van der Waals surface area contributed by atoms with Gasteiger partial charge in [0.15, 0.2) is 0 Å². The predicted octanol–water partition coefficient (Wildman–Crippen LogP) is 5.57. The third-order valence-electron chi connectivity index (χ3n) is 3.59. The molecule has 2 heterocycles. The van der Waals surface area contributed by atoms with E-state index in [1.54, 1.807) is 13.0 Å². The Morgan fingerprint density at radius 3 is 2.20 bits per heavy atom. The normalized spacial score (nSPS) is 20.6. The molecule has 0 fully saturated rings. The Balaban J connectivity index is 2.21. The summed E-state index contributed by atoms with van der Waals surface area (Å²) in [7, 11) is 0. The summed E-state index contributed by atoms with van der Waals surface area (Å²) in [5.74, 6) is -4.72. The van der Waals surface area contributed by atoms with Crippen LogP contribution < -0.4 is 5.48 Å². The van der Waals surface area contributed by atoms with Crippen LogP contribution >= 0.6 is 27.3 Å². The molecule has 0 radical (unpaired) electrons. The second kappa shape index (κ2) is 6.03. The van der Waals surface area contributed by atoms with Crippen molar-refractivity contribution >= 4 is 33.0 Å². The van der Waals surface area contributed by atoms with E-state index in [0.717, 1.165) is 16.9 Å². The molecule has 1 aliphatic heterocycles. The van der Waals surface area contributed by atoms with Crippen LogP contribution in [0.2, 0.25) is 0 Å². The first-order chi connectivity index (χ1) is 11.5. The molecule has 1 aromatic heterocycles. The average Bonchev–Trinajstić information content (AvgIpc) is 3.03. The minimum atomic E-state index is -5.20. The Hall–Kier alpha value is -1.52. The molecular weight excluding hydrogens is 436 g/mol. The van der Waals surface area contributed by atoms with Crippen LogP contribution in [0.4, 0.5) is 26.3 Å². The molecule has 0 bridgehead atoms. The highest BCUT2D eigenvalue weighted by Gasteiger charge is 2.62. The highest BCUT2D eigenvalue weighted by molar-refractivity contribution is 9.11. The van der Waals surface area contributed by atoms with E-state index in [-0.39, 0.29) is 17.8 Å². The van der Waals surface area contributed by atoms with E-state index in [9.17, 15) is 26.3 Å². The predicted molar refractivity (Wildman–Crippen MR) is 83.0 cm³/mol. The highest BCUT2D eigenvalue weighted by Crippen LogP contribution is 2.49. The molecule has 0 amide bonds. The van der Waals surface area contributed by atoms with Crippen LogP contribution in [0.1, 0.15) is 16.0 Å². The molecule has 0 saturated carbocycles. The Labute approximate surface area is 150 Å². The molecule has 0 spiro atoms. The lowest BCUT2D eigenvalue weighted by molar-refractivity contribution is -0.271. The lowest BCUT2D eigenvalue weighted by atomic mass is 9.91. The van der Waals surface area contributed by atoms with E-state index >= 15 is 0 Å². The second-order valence-electron chi connectivity index (χ2n) is 5.31. The van der Waals surface area contributed by atoms with Crippen molar-refractivity contribution in [1.82, 2.24) is 5.48 Å². The van der Waals surface area contributed by atoms with Gasteiger partial charge in [0.25, 0.3) is 0 Å². The van der Waals surface area contributed by atoms with Gasteiger partial charge in [-0.3, -0.25) is 10.3 Å². The first-order valence-electron chi connectivity index (χ1n) is 6.70. The van der Waals surface area contributed by atoms with Gasteiger partial charge >= 0.3 is 6.18 Å². The fourth-order valence-electron chi connectivity index (χ4n) is 2.41. The van der Waals surface area contributed by atoms with Gasteiger partial charge < -0.3 is 0 Å². The lowest BCUT2D eigenvalue weighted by Crippen LogP contribution is -2.44. The van der Waals surface area contributed by atoms with Gasteiger partial charge in [0, 0.05) is 12.1 Å². The van der Waals surface area contributed by atoms with Crippen molar-refractivity contribution in [2.24, 2.45) is 0 Å². The molecular formula is C15H8BrF6NOS. The van der Waals surface area contributed by atoms with E-state index in [2.05, 4.69) is 26.2 Å². The number of hydroxylamine groups is 1. The van der Waals surface area contributed by atoms with Gasteiger partial charge in [-0.15, -0.1) is 11.3 Å². The zero-order valence-electron chi connectivity index (χ0n) is 12.3. The molecule has 1 unspecified atom stereocenters. The first kappa shape index (κ1) is 18.3. The molecule has 2 aromatic rings. The largest absolute Gasteiger partial charge is 0.428 e. The maximum absolute atomic E-state index is 14.0. The summed E-state index contributed by atoms with van der Waals surface area (Å²) >= 11 is 4.37. The summed E-state index contributed by atoms with van der Waals surface area (Å²) in [4.78, 5) is 5.00. The molecule has 134 valence electrons. The van der Waals surface area contributed by atoms with Crippen molar-refractivity contribution in [2.45, 2.75) is 18.7 Å². The summed E-state index contributed by atoms with van der Waals surface area (Å²) in [6.45, 7) is 1.73. The minimum absolute atomic E-state index is 0.0979. The molecule has 1 aliphatic rings.